The third-order valence-electron chi connectivity index (χ3n) is 1.91. The minimum absolute atomic E-state index is 0. The standard InChI is InChI=1S/C9H13BrN2.2ClH/c10-9-3-1-7(2-4-9)8(5-11)6-12;;/h1-4,8H,5-6,11-12H2;2*1H. The Kier molecular flexibility index (Phi) is 10.1. The summed E-state index contributed by atoms with van der Waals surface area (Å²) < 4.78 is 1.08. The molecule has 0 aliphatic heterocycles. The van der Waals surface area contributed by atoms with Crippen LogP contribution in [-0.4, -0.2) is 13.1 Å². The van der Waals surface area contributed by atoms with E-state index in [2.05, 4.69) is 28.1 Å². The fourth-order valence-electron chi connectivity index (χ4n) is 1.10. The van der Waals surface area contributed by atoms with E-state index in [1.165, 1.54) is 5.56 Å². The summed E-state index contributed by atoms with van der Waals surface area (Å²) in [6.45, 7) is 1.22. The van der Waals surface area contributed by atoms with Gasteiger partial charge in [0, 0.05) is 23.5 Å². The van der Waals surface area contributed by atoms with E-state index in [1.807, 2.05) is 12.1 Å². The summed E-state index contributed by atoms with van der Waals surface area (Å²) in [5.74, 6) is 0.290. The lowest BCUT2D eigenvalue weighted by Crippen LogP contribution is -2.20. The summed E-state index contributed by atoms with van der Waals surface area (Å²) in [5, 5.41) is 0. The zero-order valence-corrected chi connectivity index (χ0v) is 10.9. The summed E-state index contributed by atoms with van der Waals surface area (Å²) >= 11 is 3.38. The first kappa shape index (κ1) is 16.6. The van der Waals surface area contributed by atoms with Crippen LogP contribution in [0, 0.1) is 0 Å². The van der Waals surface area contributed by atoms with Gasteiger partial charge in [-0.05, 0) is 17.7 Å². The highest BCUT2D eigenvalue weighted by molar-refractivity contribution is 9.10. The predicted octanol–water partition coefficient (Wildman–Crippen LogP) is 2.29. The Hall–Kier alpha value is 0.200. The molecular weight excluding hydrogens is 287 g/mol. The zero-order valence-electron chi connectivity index (χ0n) is 7.65. The second kappa shape index (κ2) is 8.50. The Morgan fingerprint density at radius 2 is 1.43 bits per heavy atom. The Balaban J connectivity index is 0. The van der Waals surface area contributed by atoms with Crippen LogP contribution in [0.15, 0.2) is 28.7 Å². The van der Waals surface area contributed by atoms with Crippen molar-refractivity contribution >= 4 is 40.7 Å². The van der Waals surface area contributed by atoms with Gasteiger partial charge in [-0.25, -0.2) is 0 Å². The molecule has 14 heavy (non-hydrogen) atoms. The van der Waals surface area contributed by atoms with E-state index in [0.717, 1.165) is 4.47 Å². The number of benzene rings is 1. The van der Waals surface area contributed by atoms with Crippen LogP contribution in [0.1, 0.15) is 11.5 Å². The molecule has 0 radical (unpaired) electrons. The molecule has 5 heteroatoms. The van der Waals surface area contributed by atoms with Crippen LogP contribution in [0.2, 0.25) is 0 Å². The predicted molar refractivity (Wildman–Crippen MR) is 69.5 cm³/mol. The van der Waals surface area contributed by atoms with Gasteiger partial charge in [0.25, 0.3) is 0 Å². The maximum Gasteiger partial charge on any atom is 0.0175 e. The Labute approximate surface area is 105 Å². The molecule has 0 aromatic heterocycles. The minimum atomic E-state index is 0. The summed E-state index contributed by atoms with van der Waals surface area (Å²) in [5.41, 5.74) is 12.3. The minimum Gasteiger partial charge on any atom is -0.330 e. The maximum absolute atomic E-state index is 5.56. The molecule has 0 unspecified atom stereocenters. The van der Waals surface area contributed by atoms with Gasteiger partial charge in [0.15, 0.2) is 0 Å². The summed E-state index contributed by atoms with van der Waals surface area (Å²) in [6, 6.07) is 8.12. The van der Waals surface area contributed by atoms with Crippen LogP contribution in [0.5, 0.6) is 0 Å². The fraction of sp³-hybridized carbons (Fsp3) is 0.333. The van der Waals surface area contributed by atoms with Crippen molar-refractivity contribution < 1.29 is 0 Å². The summed E-state index contributed by atoms with van der Waals surface area (Å²) in [4.78, 5) is 0. The number of nitrogens with two attached hydrogens (primary N) is 2. The van der Waals surface area contributed by atoms with E-state index in [0.29, 0.717) is 13.1 Å². The molecular formula is C9H15BrCl2N2. The molecule has 0 bridgehead atoms. The van der Waals surface area contributed by atoms with Crippen molar-refractivity contribution in [1.29, 1.82) is 0 Å². The molecule has 0 saturated heterocycles. The molecule has 0 aliphatic carbocycles. The first-order valence-electron chi connectivity index (χ1n) is 3.93. The van der Waals surface area contributed by atoms with Crippen molar-refractivity contribution in [1.82, 2.24) is 0 Å². The van der Waals surface area contributed by atoms with Crippen LogP contribution < -0.4 is 11.5 Å². The van der Waals surface area contributed by atoms with Crippen LogP contribution in [-0.2, 0) is 0 Å². The van der Waals surface area contributed by atoms with E-state index in [1.54, 1.807) is 0 Å². The zero-order chi connectivity index (χ0) is 8.97. The molecule has 1 aromatic carbocycles. The van der Waals surface area contributed by atoms with Crippen molar-refractivity contribution in [3.63, 3.8) is 0 Å². The van der Waals surface area contributed by atoms with Crippen molar-refractivity contribution in [3.8, 4) is 0 Å². The van der Waals surface area contributed by atoms with Gasteiger partial charge in [-0.15, -0.1) is 24.8 Å². The van der Waals surface area contributed by atoms with E-state index in [9.17, 15) is 0 Å². The maximum atomic E-state index is 5.56. The van der Waals surface area contributed by atoms with Crippen molar-refractivity contribution in [3.05, 3.63) is 34.3 Å². The summed E-state index contributed by atoms with van der Waals surface area (Å²) in [6.07, 6.45) is 0. The second-order valence-corrected chi connectivity index (χ2v) is 3.64. The van der Waals surface area contributed by atoms with E-state index in [-0.39, 0.29) is 30.7 Å². The molecule has 0 heterocycles. The van der Waals surface area contributed by atoms with Crippen LogP contribution in [0.25, 0.3) is 0 Å². The second-order valence-electron chi connectivity index (χ2n) is 2.72. The Morgan fingerprint density at radius 1 is 1.00 bits per heavy atom. The fourth-order valence-corrected chi connectivity index (χ4v) is 1.37. The van der Waals surface area contributed by atoms with Gasteiger partial charge in [-0.2, -0.15) is 0 Å². The molecule has 0 amide bonds. The van der Waals surface area contributed by atoms with E-state index >= 15 is 0 Å². The lowest BCUT2D eigenvalue weighted by molar-refractivity contribution is 0.708. The molecule has 0 atom stereocenters. The smallest absolute Gasteiger partial charge is 0.0175 e. The van der Waals surface area contributed by atoms with Crippen molar-refractivity contribution in [2.24, 2.45) is 11.5 Å². The van der Waals surface area contributed by atoms with Crippen LogP contribution in [0.4, 0.5) is 0 Å². The third-order valence-corrected chi connectivity index (χ3v) is 2.44. The lowest BCUT2D eigenvalue weighted by Gasteiger charge is -2.11. The first-order valence-corrected chi connectivity index (χ1v) is 4.73. The van der Waals surface area contributed by atoms with Gasteiger partial charge >= 0.3 is 0 Å². The third kappa shape index (κ3) is 4.62. The lowest BCUT2D eigenvalue weighted by atomic mass is 10.00. The van der Waals surface area contributed by atoms with Gasteiger partial charge in [0.1, 0.15) is 0 Å². The molecule has 82 valence electrons. The quantitative estimate of drug-likeness (QED) is 0.900. The molecule has 0 spiro atoms. The van der Waals surface area contributed by atoms with Gasteiger partial charge < -0.3 is 11.5 Å². The first-order chi connectivity index (χ1) is 5.77. The van der Waals surface area contributed by atoms with Gasteiger partial charge in [-0.3, -0.25) is 0 Å². The van der Waals surface area contributed by atoms with E-state index < -0.39 is 0 Å². The van der Waals surface area contributed by atoms with Crippen molar-refractivity contribution in [2.45, 2.75) is 5.92 Å². The number of hydrogen-bond acceptors (Lipinski definition) is 2. The van der Waals surface area contributed by atoms with Crippen LogP contribution in [0.3, 0.4) is 0 Å². The SMILES string of the molecule is Cl.Cl.NCC(CN)c1ccc(Br)cc1. The molecule has 0 aliphatic rings. The van der Waals surface area contributed by atoms with Crippen LogP contribution >= 0.6 is 40.7 Å². The molecule has 1 rings (SSSR count). The molecule has 2 nitrogen and oxygen atoms in total. The van der Waals surface area contributed by atoms with E-state index in [4.69, 9.17) is 11.5 Å². The Morgan fingerprint density at radius 3 is 1.79 bits per heavy atom. The average Bonchev–Trinajstić information content (AvgIpc) is 2.10. The van der Waals surface area contributed by atoms with Gasteiger partial charge in [0.2, 0.25) is 0 Å². The normalized spacial score (nSPS) is 9.14. The molecule has 0 saturated carbocycles. The topological polar surface area (TPSA) is 52.0 Å². The number of rotatable bonds is 3. The summed E-state index contributed by atoms with van der Waals surface area (Å²) in [7, 11) is 0. The molecule has 1 aromatic rings. The largest absolute Gasteiger partial charge is 0.330 e. The number of hydrogen-bond donors (Lipinski definition) is 2. The highest BCUT2D eigenvalue weighted by Crippen LogP contribution is 2.16. The van der Waals surface area contributed by atoms with Gasteiger partial charge in [-0.1, -0.05) is 28.1 Å². The highest BCUT2D eigenvalue weighted by Gasteiger charge is 2.05. The van der Waals surface area contributed by atoms with Crippen molar-refractivity contribution in [2.75, 3.05) is 13.1 Å². The monoisotopic (exact) mass is 300 g/mol. The number of halogens is 3. The highest BCUT2D eigenvalue weighted by atomic mass is 79.9. The van der Waals surface area contributed by atoms with Gasteiger partial charge in [0.05, 0.1) is 0 Å². The Bertz CT molecular complexity index is 237. The average molecular weight is 302 g/mol. The molecule has 4 N–H and O–H groups in total. The molecule has 0 fully saturated rings.